The highest BCUT2D eigenvalue weighted by molar-refractivity contribution is 5.84. The van der Waals surface area contributed by atoms with E-state index in [1.165, 1.54) is 0 Å². The number of carboxylic acid groups (broad SMARTS) is 1. The van der Waals surface area contributed by atoms with E-state index >= 15 is 0 Å². The molecule has 0 rings (SSSR count). The third-order valence-electron chi connectivity index (χ3n) is 0.678. The van der Waals surface area contributed by atoms with E-state index in [-0.39, 0.29) is 18.8 Å². The van der Waals surface area contributed by atoms with Crippen LogP contribution in [0.5, 0.6) is 0 Å². The topological polar surface area (TPSA) is 99.5 Å². The quantitative estimate of drug-likeness (QED) is 0.402. The van der Waals surface area contributed by atoms with Crippen LogP contribution in [0, 0.1) is 11.3 Å². The standard InChI is InChI=1S/C5H7N3O2/c6-2-1-4(7)8-3-5(9)10/h1,3H2,(H2,7,8)(H,9,10). The van der Waals surface area contributed by atoms with E-state index in [0.717, 1.165) is 0 Å². The lowest BCUT2D eigenvalue weighted by Gasteiger charge is -1.89. The maximum absolute atomic E-state index is 9.86. The fourth-order valence-electron chi connectivity index (χ4n) is 0.306. The lowest BCUT2D eigenvalue weighted by molar-refractivity contribution is -0.135. The van der Waals surface area contributed by atoms with E-state index in [2.05, 4.69) is 4.99 Å². The van der Waals surface area contributed by atoms with Crippen LogP contribution in [0.15, 0.2) is 4.99 Å². The highest BCUT2D eigenvalue weighted by Crippen LogP contribution is 1.77. The number of nitrogens with two attached hydrogens (primary N) is 1. The monoisotopic (exact) mass is 141 g/mol. The van der Waals surface area contributed by atoms with E-state index in [1.54, 1.807) is 6.07 Å². The molecular formula is C5H7N3O2. The zero-order valence-corrected chi connectivity index (χ0v) is 5.24. The van der Waals surface area contributed by atoms with Gasteiger partial charge in [0.25, 0.3) is 0 Å². The van der Waals surface area contributed by atoms with Crippen LogP contribution in [0.25, 0.3) is 0 Å². The van der Waals surface area contributed by atoms with Crippen molar-refractivity contribution in [1.82, 2.24) is 0 Å². The highest BCUT2D eigenvalue weighted by Gasteiger charge is 1.93. The Balaban J connectivity index is 3.71. The zero-order valence-electron chi connectivity index (χ0n) is 5.24. The highest BCUT2D eigenvalue weighted by atomic mass is 16.4. The molecule has 0 unspecified atom stereocenters. The molecule has 0 aliphatic rings. The summed E-state index contributed by atoms with van der Waals surface area (Å²) in [4.78, 5) is 13.2. The van der Waals surface area contributed by atoms with E-state index in [0.29, 0.717) is 0 Å². The second-order valence-electron chi connectivity index (χ2n) is 1.54. The third-order valence-corrected chi connectivity index (χ3v) is 0.678. The van der Waals surface area contributed by atoms with Gasteiger partial charge >= 0.3 is 5.97 Å². The first kappa shape index (κ1) is 8.43. The molecule has 0 aliphatic carbocycles. The first-order valence-electron chi connectivity index (χ1n) is 2.54. The molecule has 5 nitrogen and oxygen atoms in total. The predicted molar refractivity (Wildman–Crippen MR) is 34.4 cm³/mol. The van der Waals surface area contributed by atoms with Crippen molar-refractivity contribution >= 4 is 11.8 Å². The summed E-state index contributed by atoms with van der Waals surface area (Å²) in [6.07, 6.45) is -0.0206. The Hall–Kier alpha value is -1.57. The molecule has 0 atom stereocenters. The van der Waals surface area contributed by atoms with Gasteiger partial charge in [-0.2, -0.15) is 5.26 Å². The molecule has 0 fully saturated rings. The van der Waals surface area contributed by atoms with Crippen LogP contribution >= 0.6 is 0 Å². The van der Waals surface area contributed by atoms with Crippen molar-refractivity contribution in [3.8, 4) is 6.07 Å². The Labute approximate surface area is 57.8 Å². The zero-order chi connectivity index (χ0) is 7.98. The summed E-state index contributed by atoms with van der Waals surface area (Å²) in [5.74, 6) is -0.995. The van der Waals surface area contributed by atoms with Crippen LogP contribution in [-0.2, 0) is 4.79 Å². The lowest BCUT2D eigenvalue weighted by atomic mass is 10.4. The van der Waals surface area contributed by atoms with Crippen molar-refractivity contribution in [2.24, 2.45) is 10.7 Å². The van der Waals surface area contributed by atoms with Gasteiger partial charge in [0.05, 0.1) is 12.5 Å². The van der Waals surface area contributed by atoms with Gasteiger partial charge in [-0.05, 0) is 0 Å². The van der Waals surface area contributed by atoms with Crippen molar-refractivity contribution in [3.05, 3.63) is 0 Å². The molecule has 3 N–H and O–H groups in total. The van der Waals surface area contributed by atoms with Crippen molar-refractivity contribution < 1.29 is 9.90 Å². The molecule has 0 saturated carbocycles. The van der Waals surface area contributed by atoms with Gasteiger partial charge in [-0.3, -0.25) is 9.79 Å². The van der Waals surface area contributed by atoms with Crippen molar-refractivity contribution in [3.63, 3.8) is 0 Å². The summed E-state index contributed by atoms with van der Waals surface area (Å²) in [5, 5.41) is 16.1. The van der Waals surface area contributed by atoms with E-state index < -0.39 is 5.97 Å². The summed E-state index contributed by atoms with van der Waals surface area (Å²) in [6.45, 7) is -0.368. The lowest BCUT2D eigenvalue weighted by Crippen LogP contribution is -2.13. The number of aliphatic imine (C=N–C) groups is 1. The Morgan fingerprint density at radius 2 is 2.40 bits per heavy atom. The van der Waals surface area contributed by atoms with Gasteiger partial charge in [-0.1, -0.05) is 0 Å². The number of rotatable bonds is 3. The van der Waals surface area contributed by atoms with Crippen molar-refractivity contribution in [2.45, 2.75) is 6.42 Å². The number of hydrogen-bond acceptors (Lipinski definition) is 3. The molecule has 0 heterocycles. The Morgan fingerprint density at radius 3 is 2.80 bits per heavy atom. The van der Waals surface area contributed by atoms with Gasteiger partial charge < -0.3 is 10.8 Å². The number of nitriles is 1. The Bertz CT molecular complexity index is 192. The molecule has 10 heavy (non-hydrogen) atoms. The van der Waals surface area contributed by atoms with E-state index in [4.69, 9.17) is 16.1 Å². The van der Waals surface area contributed by atoms with Crippen LogP contribution in [0.3, 0.4) is 0 Å². The maximum atomic E-state index is 9.86. The van der Waals surface area contributed by atoms with Gasteiger partial charge in [-0.25, -0.2) is 0 Å². The molecule has 0 aromatic rings. The van der Waals surface area contributed by atoms with Crippen LogP contribution < -0.4 is 5.73 Å². The van der Waals surface area contributed by atoms with Crippen molar-refractivity contribution in [1.29, 1.82) is 5.26 Å². The number of carbonyl (C=O) groups is 1. The Morgan fingerprint density at radius 1 is 1.80 bits per heavy atom. The van der Waals surface area contributed by atoms with Crippen LogP contribution in [0.1, 0.15) is 6.42 Å². The molecule has 0 spiro atoms. The number of nitrogens with zero attached hydrogens (tertiary/aromatic N) is 2. The third kappa shape index (κ3) is 4.59. The second kappa shape index (κ2) is 4.32. The molecule has 0 amide bonds. The largest absolute Gasteiger partial charge is 0.480 e. The number of amidine groups is 1. The molecule has 5 heteroatoms. The summed E-state index contributed by atoms with van der Waals surface area (Å²) < 4.78 is 0. The first-order valence-corrected chi connectivity index (χ1v) is 2.54. The van der Waals surface area contributed by atoms with Gasteiger partial charge in [0.1, 0.15) is 12.4 Å². The maximum Gasteiger partial charge on any atom is 0.325 e. The molecule has 0 aromatic carbocycles. The summed E-state index contributed by atoms with van der Waals surface area (Å²) in [6, 6.07) is 1.74. The average Bonchev–Trinajstić information content (AvgIpc) is 1.85. The Kier molecular flexibility index (Phi) is 3.64. The fraction of sp³-hybridized carbons (Fsp3) is 0.400. The molecule has 0 aromatic heterocycles. The normalized spacial score (nSPS) is 10.5. The fourth-order valence-corrected chi connectivity index (χ4v) is 0.306. The summed E-state index contributed by atoms with van der Waals surface area (Å²) in [7, 11) is 0. The number of carboxylic acids is 1. The minimum Gasteiger partial charge on any atom is -0.480 e. The number of aliphatic carboxylic acids is 1. The minimum absolute atomic E-state index is 0.0206. The molecule has 54 valence electrons. The van der Waals surface area contributed by atoms with Gasteiger partial charge in [0.2, 0.25) is 0 Å². The number of hydrogen-bond donors (Lipinski definition) is 2. The van der Waals surface area contributed by atoms with Crippen LogP contribution in [0.4, 0.5) is 0 Å². The summed E-state index contributed by atoms with van der Waals surface area (Å²) in [5.41, 5.74) is 5.10. The SMILES string of the molecule is N#CCC(N)=NCC(=O)O. The van der Waals surface area contributed by atoms with E-state index in [9.17, 15) is 4.79 Å². The first-order chi connectivity index (χ1) is 4.66. The van der Waals surface area contributed by atoms with Gasteiger partial charge in [0, 0.05) is 0 Å². The minimum atomic E-state index is -1.05. The van der Waals surface area contributed by atoms with Crippen LogP contribution in [0.2, 0.25) is 0 Å². The second-order valence-corrected chi connectivity index (χ2v) is 1.54. The molecular weight excluding hydrogens is 134 g/mol. The molecule has 0 aliphatic heterocycles. The van der Waals surface area contributed by atoms with Crippen molar-refractivity contribution in [2.75, 3.05) is 6.54 Å². The predicted octanol–water partition coefficient (Wildman–Crippen LogP) is -0.658. The molecule has 0 bridgehead atoms. The molecule has 0 radical (unpaired) electrons. The molecule has 0 saturated heterocycles. The van der Waals surface area contributed by atoms with Crippen LogP contribution in [-0.4, -0.2) is 23.5 Å². The average molecular weight is 141 g/mol. The summed E-state index contributed by atoms with van der Waals surface area (Å²) >= 11 is 0. The smallest absolute Gasteiger partial charge is 0.325 e. The van der Waals surface area contributed by atoms with E-state index in [1.807, 2.05) is 0 Å². The van der Waals surface area contributed by atoms with Gasteiger partial charge in [-0.15, -0.1) is 0 Å². The van der Waals surface area contributed by atoms with Gasteiger partial charge in [0.15, 0.2) is 0 Å².